The first-order chi connectivity index (χ1) is 12.7. The van der Waals surface area contributed by atoms with E-state index in [4.69, 9.17) is 11.6 Å². The van der Waals surface area contributed by atoms with Crippen LogP contribution in [0.25, 0.3) is 0 Å². The third-order valence-corrected chi connectivity index (χ3v) is 5.66. The Balaban J connectivity index is 1.72. The molecule has 156 valence electrons. The Morgan fingerprint density at radius 1 is 1.33 bits per heavy atom. The summed E-state index contributed by atoms with van der Waals surface area (Å²) in [4.78, 5) is 14.1. The number of hydrogen-bond donors (Lipinski definition) is 6. The predicted octanol–water partition coefficient (Wildman–Crippen LogP) is -0.00360. The van der Waals surface area contributed by atoms with Gasteiger partial charge in [0.05, 0.1) is 11.5 Å². The Morgan fingerprint density at radius 2 is 2.07 bits per heavy atom. The highest BCUT2D eigenvalue weighted by atomic mass is 35.5. The molecule has 8 nitrogen and oxygen atoms in total. The molecule has 0 spiro atoms. The largest absolute Gasteiger partial charge is 0.437 e. The number of halogens is 2. The number of urea groups is 1. The zero-order chi connectivity index (χ0) is 20.0. The Bertz CT molecular complexity index is 480. The molecule has 0 aromatic rings. The summed E-state index contributed by atoms with van der Waals surface area (Å²) >= 11 is 5.97. The number of carbonyl (C=O) groups excluding carboxylic acids is 1. The van der Waals surface area contributed by atoms with E-state index in [2.05, 4.69) is 33.5 Å². The van der Waals surface area contributed by atoms with Gasteiger partial charge in [-0.2, -0.15) is 0 Å². The number of hydrogen-bond acceptors (Lipinski definition) is 6. The van der Waals surface area contributed by atoms with Crippen molar-refractivity contribution >= 4 is 24.7 Å². The quantitative estimate of drug-likeness (QED) is 0.263. The average molecular weight is 407 g/mol. The van der Waals surface area contributed by atoms with E-state index in [0.29, 0.717) is 32.4 Å². The molecule has 27 heavy (non-hydrogen) atoms. The second-order valence-electron chi connectivity index (χ2n) is 7.68. The predicted molar refractivity (Wildman–Crippen MR) is 106 cm³/mol. The molecule has 0 aromatic heterocycles. The molecule has 6 atom stereocenters. The average Bonchev–Trinajstić information content (AvgIpc) is 2.57. The molecule has 2 aliphatic rings. The number of likely N-dealkylation sites (N-methyl/N-ethyl adjacent to an activating group) is 1. The lowest BCUT2D eigenvalue weighted by atomic mass is 9.86. The Morgan fingerprint density at radius 3 is 2.74 bits per heavy atom. The van der Waals surface area contributed by atoms with Gasteiger partial charge in [-0.05, 0) is 46.5 Å². The molecule has 1 heterocycles. The molecule has 6 unspecified atom stereocenters. The van der Waals surface area contributed by atoms with Crippen LogP contribution in [-0.4, -0.2) is 79.1 Å². The fourth-order valence-corrected chi connectivity index (χ4v) is 3.76. The molecule has 2 rings (SSSR count). The second kappa shape index (κ2) is 10.8. The van der Waals surface area contributed by atoms with E-state index in [-0.39, 0.29) is 30.6 Å². The monoisotopic (exact) mass is 406 g/mol. The van der Waals surface area contributed by atoms with Crippen molar-refractivity contribution in [2.75, 3.05) is 20.1 Å². The summed E-state index contributed by atoms with van der Waals surface area (Å²) in [6.07, 6.45) is 0.971. The Hall–Kier alpha value is -0.645. The van der Waals surface area contributed by atoms with Crippen molar-refractivity contribution in [3.63, 3.8) is 0 Å². The maximum atomic E-state index is 13.4. The van der Waals surface area contributed by atoms with E-state index >= 15 is 0 Å². The minimum atomic E-state index is -0.991. The molecule has 1 saturated heterocycles. The van der Waals surface area contributed by atoms with Gasteiger partial charge in [0.25, 0.3) is 0 Å². The molecule has 0 aromatic carbocycles. The lowest BCUT2D eigenvalue weighted by Gasteiger charge is -2.37. The summed E-state index contributed by atoms with van der Waals surface area (Å²) in [5.41, 5.74) is 0. The summed E-state index contributed by atoms with van der Waals surface area (Å²) in [5.74, 6) is 0. The minimum absolute atomic E-state index is 0.0446. The fourth-order valence-electron chi connectivity index (χ4n) is 3.42. The molecule has 2 amide bonds. The van der Waals surface area contributed by atoms with Crippen LogP contribution in [0.3, 0.4) is 0 Å². The van der Waals surface area contributed by atoms with E-state index in [1.165, 1.54) is 0 Å². The van der Waals surface area contributed by atoms with E-state index in [0.717, 1.165) is 6.42 Å². The first-order valence-corrected chi connectivity index (χ1v) is 10.2. The van der Waals surface area contributed by atoms with Gasteiger partial charge in [-0.25, -0.2) is 9.18 Å². The first kappa shape index (κ1) is 22.6. The van der Waals surface area contributed by atoms with Crippen molar-refractivity contribution in [1.82, 2.24) is 31.4 Å². The maximum absolute atomic E-state index is 13.4. The fraction of sp³-hybridized carbons (Fsp3) is 0.938. The molecule has 11 heteroatoms. The summed E-state index contributed by atoms with van der Waals surface area (Å²) in [7, 11) is 1.38. The van der Waals surface area contributed by atoms with Crippen LogP contribution in [0.4, 0.5) is 9.18 Å². The van der Waals surface area contributed by atoms with Crippen LogP contribution < -0.4 is 26.6 Å². The third-order valence-electron chi connectivity index (χ3n) is 5.21. The number of carbonyl (C=O) groups is 1. The van der Waals surface area contributed by atoms with Gasteiger partial charge in [0.1, 0.15) is 12.5 Å². The molecular weight excluding hydrogens is 373 g/mol. The van der Waals surface area contributed by atoms with E-state index in [1.54, 1.807) is 6.82 Å². The van der Waals surface area contributed by atoms with Gasteiger partial charge in [-0.15, -0.1) is 11.6 Å². The van der Waals surface area contributed by atoms with Gasteiger partial charge in [-0.3, -0.25) is 10.6 Å². The molecule has 1 saturated carbocycles. The third kappa shape index (κ3) is 7.71. The highest BCUT2D eigenvalue weighted by Gasteiger charge is 2.31. The lowest BCUT2D eigenvalue weighted by molar-refractivity contribution is 0.179. The van der Waals surface area contributed by atoms with Gasteiger partial charge in [0.2, 0.25) is 0 Å². The van der Waals surface area contributed by atoms with Crippen molar-refractivity contribution in [1.29, 1.82) is 0 Å². The summed E-state index contributed by atoms with van der Waals surface area (Å²) in [6.45, 7) is 5.22. The summed E-state index contributed by atoms with van der Waals surface area (Å²) in [5, 5.41) is 24.7. The van der Waals surface area contributed by atoms with Crippen molar-refractivity contribution in [2.45, 2.75) is 75.5 Å². The first-order valence-electron chi connectivity index (χ1n) is 9.73. The van der Waals surface area contributed by atoms with Crippen LogP contribution in [0.5, 0.6) is 0 Å². The van der Waals surface area contributed by atoms with Crippen molar-refractivity contribution in [3.05, 3.63) is 0 Å². The van der Waals surface area contributed by atoms with Gasteiger partial charge in [0, 0.05) is 25.2 Å². The van der Waals surface area contributed by atoms with Crippen LogP contribution in [0.2, 0.25) is 6.82 Å². The molecule has 2 fully saturated rings. The summed E-state index contributed by atoms with van der Waals surface area (Å²) in [6, 6.07) is -0.184. The normalized spacial score (nSPS) is 34.3. The highest BCUT2D eigenvalue weighted by Crippen LogP contribution is 2.25. The van der Waals surface area contributed by atoms with Gasteiger partial charge < -0.3 is 25.8 Å². The smallest absolute Gasteiger partial charge is 0.376 e. The van der Waals surface area contributed by atoms with Crippen LogP contribution >= 0.6 is 11.6 Å². The van der Waals surface area contributed by atoms with Crippen LogP contribution in [-0.2, 0) is 0 Å². The number of nitrogens with one attached hydrogen (secondary N) is 5. The standard InChI is InChI=1S/C16H33BClFN6O2/c1-10-8-14(20-6-7-25(3)17(2)27)23-15(21-10)24-16(26)22-11-4-5-13(19)12(18)9-11/h10-15,20-21,23,27H,4-9H2,1-3H3,(H2,22,24,26). The highest BCUT2D eigenvalue weighted by molar-refractivity contribution is 6.45. The van der Waals surface area contributed by atoms with Crippen molar-refractivity contribution < 1.29 is 14.2 Å². The molecule has 0 bridgehead atoms. The molecular formula is C16H33BClFN6O2. The van der Waals surface area contributed by atoms with E-state index < -0.39 is 18.6 Å². The molecule has 6 N–H and O–H groups in total. The van der Waals surface area contributed by atoms with E-state index in [1.807, 2.05) is 11.9 Å². The molecule has 1 aliphatic heterocycles. The molecule has 0 radical (unpaired) electrons. The number of nitrogens with zero attached hydrogens (tertiary/aromatic N) is 1. The Kier molecular flexibility index (Phi) is 9.04. The topological polar surface area (TPSA) is 101 Å². The summed E-state index contributed by atoms with van der Waals surface area (Å²) < 4.78 is 13.4. The maximum Gasteiger partial charge on any atom is 0.376 e. The van der Waals surface area contributed by atoms with Crippen LogP contribution in [0, 0.1) is 0 Å². The van der Waals surface area contributed by atoms with E-state index in [9.17, 15) is 14.2 Å². The van der Waals surface area contributed by atoms with Crippen molar-refractivity contribution in [2.24, 2.45) is 0 Å². The zero-order valence-corrected chi connectivity index (χ0v) is 17.1. The molecule has 1 aliphatic carbocycles. The van der Waals surface area contributed by atoms with Crippen LogP contribution in [0.15, 0.2) is 0 Å². The van der Waals surface area contributed by atoms with Crippen LogP contribution in [0.1, 0.15) is 32.6 Å². The lowest BCUT2D eigenvalue weighted by Crippen LogP contribution is -2.68. The number of alkyl halides is 2. The SMILES string of the molecule is CB(O)N(C)CCNC1CC(C)NC(NC(=O)NC2CCC(F)C(Cl)C2)N1. The zero-order valence-electron chi connectivity index (χ0n) is 16.3. The Labute approximate surface area is 166 Å². The van der Waals surface area contributed by atoms with Gasteiger partial charge in [0.15, 0.2) is 0 Å². The van der Waals surface area contributed by atoms with Gasteiger partial charge in [-0.1, -0.05) is 0 Å². The number of rotatable bonds is 7. The van der Waals surface area contributed by atoms with Crippen molar-refractivity contribution in [3.8, 4) is 0 Å². The second-order valence-corrected chi connectivity index (χ2v) is 8.24. The van der Waals surface area contributed by atoms with Gasteiger partial charge >= 0.3 is 13.1 Å². The minimum Gasteiger partial charge on any atom is -0.437 e. The number of amides is 2.